The number of benzene rings is 1. The van der Waals surface area contributed by atoms with Gasteiger partial charge in [0.05, 0.1) is 26.9 Å². The second kappa shape index (κ2) is 9.36. The van der Waals surface area contributed by atoms with Gasteiger partial charge in [0.15, 0.2) is 0 Å². The Morgan fingerprint density at radius 3 is 2.60 bits per heavy atom. The van der Waals surface area contributed by atoms with E-state index < -0.39 is 5.91 Å². The Bertz CT molecular complexity index is 769. The number of carbonyl (C=O) groups excluding carboxylic acids is 2. The van der Waals surface area contributed by atoms with E-state index in [0.717, 1.165) is 0 Å². The number of amides is 2. The number of pyridine rings is 1. The molecule has 0 saturated carbocycles. The van der Waals surface area contributed by atoms with Gasteiger partial charge in [0.1, 0.15) is 0 Å². The van der Waals surface area contributed by atoms with E-state index in [1.807, 2.05) is 0 Å². The topological polar surface area (TPSA) is 80.3 Å². The minimum absolute atomic E-state index is 0.237. The van der Waals surface area contributed by atoms with E-state index in [9.17, 15) is 9.59 Å². The van der Waals surface area contributed by atoms with E-state index in [1.54, 1.807) is 25.3 Å². The Morgan fingerprint density at radius 2 is 1.88 bits per heavy atom. The van der Waals surface area contributed by atoms with Crippen LogP contribution in [0.3, 0.4) is 0 Å². The van der Waals surface area contributed by atoms with E-state index in [4.69, 9.17) is 27.9 Å². The molecule has 2 N–H and O–H groups in total. The maximum Gasteiger partial charge on any atom is 0.257 e. The molecule has 0 bridgehead atoms. The lowest BCUT2D eigenvalue weighted by atomic mass is 10.1. The van der Waals surface area contributed by atoms with E-state index in [1.165, 1.54) is 18.5 Å². The first-order chi connectivity index (χ1) is 12.0. The highest BCUT2D eigenvalue weighted by Gasteiger charge is 2.13. The normalized spacial score (nSPS) is 10.4. The molecule has 0 saturated heterocycles. The van der Waals surface area contributed by atoms with Crippen LogP contribution in [0.1, 0.15) is 27.1 Å². The number of anilines is 1. The van der Waals surface area contributed by atoms with E-state index in [0.29, 0.717) is 35.8 Å². The summed E-state index contributed by atoms with van der Waals surface area (Å²) in [4.78, 5) is 28.4. The van der Waals surface area contributed by atoms with Gasteiger partial charge in [-0.2, -0.15) is 0 Å². The SMILES string of the molecule is COCCCNC(=O)c1cncc(C(=O)Nc2cccc(Cl)c2Cl)c1. The summed E-state index contributed by atoms with van der Waals surface area (Å²) in [7, 11) is 1.60. The van der Waals surface area contributed by atoms with E-state index >= 15 is 0 Å². The molecule has 0 aliphatic carbocycles. The van der Waals surface area contributed by atoms with Crippen molar-refractivity contribution >= 4 is 40.7 Å². The zero-order valence-corrected chi connectivity index (χ0v) is 15.0. The van der Waals surface area contributed by atoms with Crippen molar-refractivity contribution in [2.75, 3.05) is 25.6 Å². The Labute approximate surface area is 155 Å². The predicted octanol–water partition coefficient (Wildman–Crippen LogP) is 3.41. The molecular weight excluding hydrogens is 365 g/mol. The molecule has 0 atom stereocenters. The summed E-state index contributed by atoms with van der Waals surface area (Å²) in [5, 5.41) is 5.97. The van der Waals surface area contributed by atoms with Gasteiger partial charge in [-0.25, -0.2) is 0 Å². The van der Waals surface area contributed by atoms with Crippen molar-refractivity contribution in [2.45, 2.75) is 6.42 Å². The zero-order valence-electron chi connectivity index (χ0n) is 13.5. The Kier molecular flexibility index (Phi) is 7.18. The molecule has 25 heavy (non-hydrogen) atoms. The smallest absolute Gasteiger partial charge is 0.257 e. The number of ether oxygens (including phenoxy) is 1. The molecular formula is C17H17Cl2N3O3. The van der Waals surface area contributed by atoms with Gasteiger partial charge in [0.2, 0.25) is 0 Å². The Morgan fingerprint density at radius 1 is 1.16 bits per heavy atom. The molecule has 0 fully saturated rings. The van der Waals surface area contributed by atoms with Crippen LogP contribution in [0, 0.1) is 0 Å². The van der Waals surface area contributed by atoms with E-state index in [2.05, 4.69) is 15.6 Å². The largest absolute Gasteiger partial charge is 0.385 e. The highest BCUT2D eigenvalue weighted by atomic mass is 35.5. The van der Waals surface area contributed by atoms with Gasteiger partial charge in [-0.1, -0.05) is 29.3 Å². The average Bonchev–Trinajstić information content (AvgIpc) is 2.62. The van der Waals surface area contributed by atoms with Crippen molar-refractivity contribution in [3.8, 4) is 0 Å². The molecule has 6 nitrogen and oxygen atoms in total. The van der Waals surface area contributed by atoms with Gasteiger partial charge in [-0.3, -0.25) is 14.6 Å². The molecule has 2 aromatic rings. The summed E-state index contributed by atoms with van der Waals surface area (Å²) in [6, 6.07) is 6.39. The number of nitrogens with one attached hydrogen (secondary N) is 2. The van der Waals surface area contributed by atoms with Crippen LogP contribution in [0.25, 0.3) is 0 Å². The number of nitrogens with zero attached hydrogens (tertiary/aromatic N) is 1. The molecule has 1 aromatic heterocycles. The molecule has 8 heteroatoms. The molecule has 1 aromatic carbocycles. The molecule has 0 spiro atoms. The second-order valence-corrected chi connectivity index (χ2v) is 5.91. The summed E-state index contributed by atoms with van der Waals surface area (Å²) in [6.07, 6.45) is 3.47. The van der Waals surface area contributed by atoms with Crippen LogP contribution < -0.4 is 10.6 Å². The minimum atomic E-state index is -0.439. The lowest BCUT2D eigenvalue weighted by Gasteiger charge is -2.09. The first-order valence-corrected chi connectivity index (χ1v) is 8.26. The van der Waals surface area contributed by atoms with Crippen LogP contribution in [0.15, 0.2) is 36.7 Å². The standard InChI is InChI=1S/C17H17Cl2N3O3/c1-25-7-3-6-21-16(23)11-8-12(10-20-9-11)17(24)22-14-5-2-4-13(18)15(14)19/h2,4-5,8-10H,3,6-7H2,1H3,(H,21,23)(H,22,24). The number of hydrogen-bond donors (Lipinski definition) is 2. The summed E-state index contributed by atoms with van der Waals surface area (Å²) in [5.41, 5.74) is 0.913. The lowest BCUT2D eigenvalue weighted by Crippen LogP contribution is -2.25. The van der Waals surface area contributed by atoms with Crippen LogP contribution in [-0.4, -0.2) is 37.1 Å². The van der Waals surface area contributed by atoms with Crippen molar-refractivity contribution in [2.24, 2.45) is 0 Å². The van der Waals surface area contributed by atoms with Crippen LogP contribution in [0.5, 0.6) is 0 Å². The van der Waals surface area contributed by atoms with Crippen molar-refractivity contribution in [1.82, 2.24) is 10.3 Å². The summed E-state index contributed by atoms with van der Waals surface area (Å²) in [5.74, 6) is -0.746. The number of rotatable bonds is 7. The van der Waals surface area contributed by atoms with Crippen molar-refractivity contribution < 1.29 is 14.3 Å². The van der Waals surface area contributed by atoms with Crippen LogP contribution >= 0.6 is 23.2 Å². The summed E-state index contributed by atoms with van der Waals surface area (Å²) in [6.45, 7) is 1.03. The average molecular weight is 382 g/mol. The molecule has 0 aliphatic heterocycles. The first-order valence-electron chi connectivity index (χ1n) is 7.50. The van der Waals surface area contributed by atoms with Crippen LogP contribution in [0.2, 0.25) is 10.0 Å². The second-order valence-electron chi connectivity index (χ2n) is 5.12. The molecule has 0 radical (unpaired) electrons. The Balaban J connectivity index is 2.06. The zero-order chi connectivity index (χ0) is 18.2. The molecule has 2 amide bonds. The molecule has 2 rings (SSSR count). The highest BCUT2D eigenvalue weighted by Crippen LogP contribution is 2.29. The van der Waals surface area contributed by atoms with Crippen molar-refractivity contribution in [3.63, 3.8) is 0 Å². The van der Waals surface area contributed by atoms with Crippen LogP contribution in [0.4, 0.5) is 5.69 Å². The van der Waals surface area contributed by atoms with Gasteiger partial charge < -0.3 is 15.4 Å². The maximum absolute atomic E-state index is 12.4. The monoisotopic (exact) mass is 381 g/mol. The highest BCUT2D eigenvalue weighted by molar-refractivity contribution is 6.44. The van der Waals surface area contributed by atoms with E-state index in [-0.39, 0.29) is 16.5 Å². The number of methoxy groups -OCH3 is 1. The lowest BCUT2D eigenvalue weighted by molar-refractivity contribution is 0.0948. The number of hydrogen-bond acceptors (Lipinski definition) is 4. The fraction of sp³-hybridized carbons (Fsp3) is 0.235. The third-order valence-electron chi connectivity index (χ3n) is 3.27. The maximum atomic E-state index is 12.4. The summed E-state index contributed by atoms with van der Waals surface area (Å²) >= 11 is 12.0. The predicted molar refractivity (Wildman–Crippen MR) is 97.5 cm³/mol. The first kappa shape index (κ1) is 19.2. The number of aromatic nitrogens is 1. The van der Waals surface area contributed by atoms with Gasteiger partial charge >= 0.3 is 0 Å². The van der Waals surface area contributed by atoms with Crippen LogP contribution in [-0.2, 0) is 4.74 Å². The molecule has 0 aliphatic rings. The van der Waals surface area contributed by atoms with Crippen molar-refractivity contribution in [1.29, 1.82) is 0 Å². The number of carbonyl (C=O) groups is 2. The quantitative estimate of drug-likeness (QED) is 0.720. The third-order valence-corrected chi connectivity index (χ3v) is 4.09. The fourth-order valence-corrected chi connectivity index (χ4v) is 2.35. The summed E-state index contributed by atoms with van der Waals surface area (Å²) < 4.78 is 4.92. The number of halogens is 2. The molecule has 132 valence electrons. The van der Waals surface area contributed by atoms with Gasteiger partial charge in [-0.05, 0) is 24.6 Å². The van der Waals surface area contributed by atoms with Gasteiger partial charge in [0, 0.05) is 32.7 Å². The third kappa shape index (κ3) is 5.42. The fourth-order valence-electron chi connectivity index (χ4n) is 2.00. The minimum Gasteiger partial charge on any atom is -0.385 e. The van der Waals surface area contributed by atoms with Crippen molar-refractivity contribution in [3.05, 3.63) is 57.8 Å². The molecule has 0 unspecified atom stereocenters. The van der Waals surface area contributed by atoms with Gasteiger partial charge in [0.25, 0.3) is 11.8 Å². The van der Waals surface area contributed by atoms with Gasteiger partial charge in [-0.15, -0.1) is 0 Å². The Hall–Kier alpha value is -2.15. The molecule has 1 heterocycles.